The monoisotopic (exact) mass is 445 g/mol. The lowest BCUT2D eigenvalue weighted by Crippen LogP contribution is -2.44. The Morgan fingerprint density at radius 2 is 1.88 bits per heavy atom. The van der Waals surface area contributed by atoms with Crippen LogP contribution in [0.3, 0.4) is 0 Å². The molecule has 1 saturated heterocycles. The number of aryl methyl sites for hydroxylation is 1. The van der Waals surface area contributed by atoms with Crippen LogP contribution in [0.2, 0.25) is 5.02 Å². The van der Waals surface area contributed by atoms with Gasteiger partial charge < -0.3 is 9.88 Å². The maximum atomic E-state index is 13.1. The number of rotatable bonds is 2. The van der Waals surface area contributed by atoms with Gasteiger partial charge in [0, 0.05) is 41.4 Å². The minimum Gasteiger partial charge on any atom is -0.341 e. The Labute approximate surface area is 189 Å². The van der Waals surface area contributed by atoms with Crippen LogP contribution in [0.15, 0.2) is 41.3 Å². The first-order valence-corrected chi connectivity index (χ1v) is 10.9. The van der Waals surface area contributed by atoms with Gasteiger partial charge in [-0.15, -0.1) is 0 Å². The van der Waals surface area contributed by atoms with Crippen LogP contribution in [-0.4, -0.2) is 33.8 Å². The summed E-state index contributed by atoms with van der Waals surface area (Å²) in [4.78, 5) is 38.7. The summed E-state index contributed by atoms with van der Waals surface area (Å²) in [6.07, 6.45) is 3.69. The number of nitrogens with zero attached hydrogens (tertiary/aromatic N) is 4. The smallest absolute Gasteiger partial charge is 0.267 e. The fourth-order valence-corrected chi connectivity index (χ4v) is 5.13. The average molecular weight is 446 g/mol. The van der Waals surface area contributed by atoms with E-state index in [1.54, 1.807) is 13.0 Å². The number of aromatic amines is 1. The highest BCUT2D eigenvalue weighted by Gasteiger charge is 2.47. The Hall–Kier alpha value is -3.50. The molecule has 3 aromatic rings. The van der Waals surface area contributed by atoms with Crippen molar-refractivity contribution in [2.75, 3.05) is 18.0 Å². The lowest BCUT2D eigenvalue weighted by Gasteiger charge is -2.38. The van der Waals surface area contributed by atoms with E-state index in [0.717, 1.165) is 17.5 Å². The first-order valence-electron chi connectivity index (χ1n) is 10.5. The second kappa shape index (κ2) is 7.57. The molecule has 0 atom stereocenters. The first kappa shape index (κ1) is 20.4. The number of carbonyl (C=O) groups excluding carboxylic acids is 1. The molecule has 0 bridgehead atoms. The molecule has 32 heavy (non-hydrogen) atoms. The normalized spacial score (nSPS) is 16.8. The zero-order valence-electron chi connectivity index (χ0n) is 17.5. The largest absolute Gasteiger partial charge is 0.341 e. The number of H-pyrrole nitrogens is 1. The average Bonchev–Trinajstić information content (AvgIpc) is 3.07. The van der Waals surface area contributed by atoms with Gasteiger partial charge in [-0.05, 0) is 37.8 Å². The van der Waals surface area contributed by atoms with Crippen LogP contribution in [-0.2, 0) is 6.42 Å². The van der Waals surface area contributed by atoms with E-state index >= 15 is 0 Å². The first-order chi connectivity index (χ1) is 15.4. The molecule has 0 radical (unpaired) electrons. The van der Waals surface area contributed by atoms with Crippen molar-refractivity contribution in [3.8, 4) is 17.2 Å². The topological polar surface area (TPSA) is 103 Å². The number of nitrogens with one attached hydrogen (secondary N) is 1. The molecule has 160 valence electrons. The molecule has 1 spiro atoms. The summed E-state index contributed by atoms with van der Waals surface area (Å²) in [6.45, 7) is 3.05. The highest BCUT2D eigenvalue weighted by atomic mass is 35.5. The van der Waals surface area contributed by atoms with Gasteiger partial charge in [0.2, 0.25) is 5.95 Å². The molecular weight excluding hydrogens is 426 g/mol. The van der Waals surface area contributed by atoms with E-state index in [9.17, 15) is 14.9 Å². The van der Waals surface area contributed by atoms with Crippen LogP contribution < -0.4 is 10.5 Å². The van der Waals surface area contributed by atoms with Crippen molar-refractivity contribution in [3.63, 3.8) is 0 Å². The predicted molar refractivity (Wildman–Crippen MR) is 121 cm³/mol. The minimum atomic E-state index is -0.430. The summed E-state index contributed by atoms with van der Waals surface area (Å²) in [6, 6.07) is 11.6. The van der Waals surface area contributed by atoms with Crippen molar-refractivity contribution in [1.82, 2.24) is 15.0 Å². The number of aromatic nitrogens is 3. The molecule has 3 heterocycles. The van der Waals surface area contributed by atoms with Crippen LogP contribution in [0.4, 0.5) is 5.95 Å². The number of pyridine rings is 1. The summed E-state index contributed by atoms with van der Waals surface area (Å²) in [5.41, 5.74) is 2.83. The Morgan fingerprint density at radius 3 is 2.59 bits per heavy atom. The van der Waals surface area contributed by atoms with Gasteiger partial charge in [0.1, 0.15) is 11.1 Å². The molecule has 2 aliphatic rings. The number of Topliss-reactive ketones (excluding diaryl/α,β-unsaturated/α-hetero) is 1. The summed E-state index contributed by atoms with van der Waals surface area (Å²) in [7, 11) is 0. The van der Waals surface area contributed by atoms with Crippen LogP contribution in [0.5, 0.6) is 0 Å². The van der Waals surface area contributed by atoms with Crippen molar-refractivity contribution >= 4 is 23.3 Å². The molecule has 5 rings (SSSR count). The Kier molecular flexibility index (Phi) is 4.83. The van der Waals surface area contributed by atoms with Gasteiger partial charge in [-0.25, -0.2) is 9.97 Å². The summed E-state index contributed by atoms with van der Waals surface area (Å²) < 4.78 is 0. The van der Waals surface area contributed by atoms with Crippen molar-refractivity contribution in [1.29, 1.82) is 5.26 Å². The molecule has 1 aromatic carbocycles. The Morgan fingerprint density at radius 1 is 1.12 bits per heavy atom. The Bertz CT molecular complexity index is 1350. The van der Waals surface area contributed by atoms with Gasteiger partial charge in [-0.2, -0.15) is 5.26 Å². The number of hydrogen-bond acceptors (Lipinski definition) is 6. The quantitative estimate of drug-likeness (QED) is 0.645. The SMILES string of the molecule is Cc1nc(N2CCC3(CC2)Cc2ccccc2C3=O)nc(C#N)c1-c1cc[nH]c(=O)c1Cl. The molecule has 1 aliphatic heterocycles. The van der Waals surface area contributed by atoms with Crippen LogP contribution in [0.25, 0.3) is 11.1 Å². The van der Waals surface area contributed by atoms with Gasteiger partial charge >= 0.3 is 0 Å². The van der Waals surface area contributed by atoms with Gasteiger partial charge in [0.05, 0.1) is 5.69 Å². The number of ketones is 1. The van der Waals surface area contributed by atoms with E-state index in [1.165, 1.54) is 6.20 Å². The Balaban J connectivity index is 1.44. The second-order valence-electron chi connectivity index (χ2n) is 8.41. The van der Waals surface area contributed by atoms with Crippen molar-refractivity contribution in [2.45, 2.75) is 26.2 Å². The molecule has 0 unspecified atom stereocenters. The number of piperidine rings is 1. The number of anilines is 1. The molecule has 1 fully saturated rings. The molecule has 7 nitrogen and oxygen atoms in total. The third-order valence-corrected chi connectivity index (χ3v) is 7.00. The zero-order chi connectivity index (χ0) is 22.5. The highest BCUT2D eigenvalue weighted by molar-refractivity contribution is 6.33. The number of benzene rings is 1. The molecular formula is C24H20ClN5O2. The maximum Gasteiger partial charge on any atom is 0.267 e. The van der Waals surface area contributed by atoms with E-state index < -0.39 is 5.56 Å². The fourth-order valence-electron chi connectivity index (χ4n) is 4.92. The molecule has 1 N–H and O–H groups in total. The third-order valence-electron chi connectivity index (χ3n) is 6.63. The fraction of sp³-hybridized carbons (Fsp3) is 0.292. The van der Waals surface area contributed by atoms with E-state index in [-0.39, 0.29) is 21.9 Å². The number of fused-ring (bicyclic) bond motifs is 1. The van der Waals surface area contributed by atoms with Crippen molar-refractivity contribution in [3.05, 3.63) is 74.4 Å². The van der Waals surface area contributed by atoms with Crippen LogP contribution in [0.1, 0.15) is 40.2 Å². The molecule has 8 heteroatoms. The summed E-state index contributed by atoms with van der Waals surface area (Å²) >= 11 is 6.19. The molecule has 0 amide bonds. The van der Waals surface area contributed by atoms with Gasteiger partial charge in [0.25, 0.3) is 5.56 Å². The van der Waals surface area contributed by atoms with E-state index in [1.807, 2.05) is 29.2 Å². The predicted octanol–water partition coefficient (Wildman–Crippen LogP) is 3.69. The minimum absolute atomic E-state index is 0.00248. The number of hydrogen-bond donors (Lipinski definition) is 1. The number of nitriles is 1. The summed E-state index contributed by atoms with van der Waals surface area (Å²) in [5.74, 6) is 0.698. The molecule has 1 aliphatic carbocycles. The van der Waals surface area contributed by atoms with Crippen LogP contribution >= 0.6 is 11.6 Å². The number of carbonyl (C=O) groups is 1. The van der Waals surface area contributed by atoms with E-state index in [0.29, 0.717) is 48.7 Å². The van der Waals surface area contributed by atoms with Gasteiger partial charge in [-0.3, -0.25) is 9.59 Å². The number of halogens is 1. The van der Waals surface area contributed by atoms with E-state index in [2.05, 4.69) is 21.0 Å². The molecule has 2 aromatic heterocycles. The zero-order valence-corrected chi connectivity index (χ0v) is 18.2. The van der Waals surface area contributed by atoms with Gasteiger partial charge in [-0.1, -0.05) is 35.9 Å². The lowest BCUT2D eigenvalue weighted by atomic mass is 9.75. The molecule has 0 saturated carbocycles. The van der Waals surface area contributed by atoms with E-state index in [4.69, 9.17) is 11.6 Å². The van der Waals surface area contributed by atoms with Crippen molar-refractivity contribution in [2.24, 2.45) is 5.41 Å². The third kappa shape index (κ3) is 3.10. The lowest BCUT2D eigenvalue weighted by molar-refractivity contribution is 0.0774. The van der Waals surface area contributed by atoms with Crippen LogP contribution in [0, 0.1) is 23.7 Å². The summed E-state index contributed by atoms with van der Waals surface area (Å²) in [5, 5.41) is 9.76. The van der Waals surface area contributed by atoms with Gasteiger partial charge in [0.15, 0.2) is 11.5 Å². The standard InChI is InChI=1S/C24H20ClN5O2/c1-14-19(17-6-9-27-22(32)20(17)25)18(13-26)29-23(28-14)30-10-7-24(8-11-30)12-15-4-2-3-5-16(15)21(24)31/h2-6,9H,7-8,10-12H2,1H3,(H,27,32). The second-order valence-corrected chi connectivity index (χ2v) is 8.79. The maximum absolute atomic E-state index is 13.1. The van der Waals surface area contributed by atoms with Crippen molar-refractivity contribution < 1.29 is 4.79 Å². The highest BCUT2D eigenvalue weighted by Crippen LogP contribution is 2.45.